The van der Waals surface area contributed by atoms with Crippen molar-refractivity contribution in [3.63, 3.8) is 0 Å². The lowest BCUT2D eigenvalue weighted by Gasteiger charge is -2.15. The van der Waals surface area contributed by atoms with Crippen LogP contribution in [0.5, 0.6) is 11.5 Å². The molecule has 2 rings (SSSR count). The summed E-state index contributed by atoms with van der Waals surface area (Å²) in [6, 6.07) is 15.0. The molecule has 0 spiro atoms. The molecule has 120 valence electrons. The summed E-state index contributed by atoms with van der Waals surface area (Å²) >= 11 is 0. The number of hydrogen-bond acceptors (Lipinski definition) is 4. The molecule has 0 fully saturated rings. The Morgan fingerprint density at radius 2 is 1.87 bits per heavy atom. The summed E-state index contributed by atoms with van der Waals surface area (Å²) in [5.41, 5.74) is 1.72. The molecule has 23 heavy (non-hydrogen) atoms. The second kappa shape index (κ2) is 7.98. The molecule has 2 aromatic carbocycles. The van der Waals surface area contributed by atoms with E-state index in [1.54, 1.807) is 18.2 Å². The van der Waals surface area contributed by atoms with Crippen molar-refractivity contribution in [3.8, 4) is 11.5 Å². The molecule has 0 aliphatic carbocycles. The van der Waals surface area contributed by atoms with Gasteiger partial charge in [0.05, 0.1) is 11.0 Å². The Morgan fingerprint density at radius 1 is 1.13 bits per heavy atom. The second-order valence-electron chi connectivity index (χ2n) is 5.25. The van der Waals surface area contributed by atoms with Crippen LogP contribution >= 0.6 is 0 Å². The van der Waals surface area contributed by atoms with E-state index < -0.39 is 4.92 Å². The summed E-state index contributed by atoms with van der Waals surface area (Å²) in [7, 11) is 0. The maximum absolute atomic E-state index is 10.4. The third-order valence-corrected chi connectivity index (χ3v) is 2.96. The minimum absolute atomic E-state index is 0.00856. The summed E-state index contributed by atoms with van der Waals surface area (Å²) in [4.78, 5) is 9.95. The van der Waals surface area contributed by atoms with Gasteiger partial charge in [-0.25, -0.2) is 0 Å². The fourth-order valence-corrected chi connectivity index (χ4v) is 1.97. The maximum Gasteiger partial charge on any atom is 0.235 e. The van der Waals surface area contributed by atoms with Crippen molar-refractivity contribution in [2.24, 2.45) is 0 Å². The van der Waals surface area contributed by atoms with Gasteiger partial charge < -0.3 is 9.47 Å². The smallest absolute Gasteiger partial charge is 0.235 e. The van der Waals surface area contributed by atoms with E-state index in [9.17, 15) is 10.1 Å². The molecule has 0 bridgehead atoms. The molecule has 0 unspecified atom stereocenters. The highest BCUT2D eigenvalue weighted by atomic mass is 16.6. The van der Waals surface area contributed by atoms with Crippen molar-refractivity contribution >= 4 is 6.08 Å². The van der Waals surface area contributed by atoms with E-state index in [1.165, 1.54) is 6.08 Å². The lowest BCUT2D eigenvalue weighted by atomic mass is 10.2. The van der Waals surface area contributed by atoms with Crippen molar-refractivity contribution < 1.29 is 14.4 Å². The normalized spacial score (nSPS) is 10.9. The molecule has 0 radical (unpaired) electrons. The van der Waals surface area contributed by atoms with Crippen LogP contribution in [0.1, 0.15) is 25.0 Å². The molecular weight excluding hydrogens is 294 g/mol. The van der Waals surface area contributed by atoms with Gasteiger partial charge in [-0.15, -0.1) is 0 Å². The summed E-state index contributed by atoms with van der Waals surface area (Å²) in [6.45, 7) is 4.26. The van der Waals surface area contributed by atoms with Crippen molar-refractivity contribution in [2.45, 2.75) is 26.6 Å². The van der Waals surface area contributed by atoms with E-state index in [2.05, 4.69) is 0 Å². The predicted molar refractivity (Wildman–Crippen MR) is 89.0 cm³/mol. The molecule has 0 N–H and O–H groups in total. The molecule has 2 aromatic rings. The number of nitro groups is 1. The average molecular weight is 313 g/mol. The summed E-state index contributed by atoms with van der Waals surface area (Å²) in [6.07, 6.45) is 2.34. The standard InChI is InChI=1S/C18H19NO4/c1-14(2)23-17-9-8-15(10-11-19(20)21)12-18(17)22-13-16-6-4-3-5-7-16/h3-12,14H,13H2,1-2H3/b11-10+. The number of nitrogens with zero attached hydrogens (tertiary/aromatic N) is 1. The van der Waals surface area contributed by atoms with Crippen LogP contribution in [-0.4, -0.2) is 11.0 Å². The minimum atomic E-state index is -0.497. The van der Waals surface area contributed by atoms with Crippen LogP contribution in [0.3, 0.4) is 0 Å². The molecular formula is C18H19NO4. The van der Waals surface area contributed by atoms with Crippen LogP contribution in [-0.2, 0) is 6.61 Å². The first-order chi connectivity index (χ1) is 11.0. The molecule has 0 aliphatic heterocycles. The van der Waals surface area contributed by atoms with Gasteiger partial charge in [0.25, 0.3) is 0 Å². The summed E-state index contributed by atoms with van der Waals surface area (Å²) < 4.78 is 11.6. The lowest BCUT2D eigenvalue weighted by molar-refractivity contribution is -0.400. The molecule has 0 saturated heterocycles. The van der Waals surface area contributed by atoms with Crippen LogP contribution in [0.25, 0.3) is 6.08 Å². The second-order valence-corrected chi connectivity index (χ2v) is 5.25. The van der Waals surface area contributed by atoms with Gasteiger partial charge in [0, 0.05) is 6.08 Å². The van der Waals surface area contributed by atoms with Crippen LogP contribution < -0.4 is 9.47 Å². The predicted octanol–water partition coefficient (Wildman–Crippen LogP) is 4.30. The zero-order valence-electron chi connectivity index (χ0n) is 13.1. The maximum atomic E-state index is 10.4. The highest BCUT2D eigenvalue weighted by Crippen LogP contribution is 2.30. The van der Waals surface area contributed by atoms with E-state index in [1.807, 2.05) is 44.2 Å². The van der Waals surface area contributed by atoms with Gasteiger partial charge in [-0.1, -0.05) is 36.4 Å². The summed E-state index contributed by atoms with van der Waals surface area (Å²) in [5.74, 6) is 1.18. The Hall–Kier alpha value is -2.82. The van der Waals surface area contributed by atoms with E-state index in [-0.39, 0.29) is 6.10 Å². The first kappa shape index (κ1) is 16.5. The number of benzene rings is 2. The molecule has 0 amide bonds. The zero-order chi connectivity index (χ0) is 16.7. The van der Waals surface area contributed by atoms with Crippen molar-refractivity contribution in [1.29, 1.82) is 0 Å². The number of rotatable bonds is 7. The Labute approximate surface area is 135 Å². The average Bonchev–Trinajstić information content (AvgIpc) is 2.53. The van der Waals surface area contributed by atoms with Gasteiger partial charge in [-0.3, -0.25) is 10.1 Å². The van der Waals surface area contributed by atoms with Gasteiger partial charge in [0.15, 0.2) is 11.5 Å². The first-order valence-corrected chi connectivity index (χ1v) is 7.33. The minimum Gasteiger partial charge on any atom is -0.487 e. The van der Waals surface area contributed by atoms with E-state index in [0.717, 1.165) is 11.8 Å². The van der Waals surface area contributed by atoms with Gasteiger partial charge in [-0.2, -0.15) is 0 Å². The highest BCUT2D eigenvalue weighted by Gasteiger charge is 2.08. The third-order valence-electron chi connectivity index (χ3n) is 2.96. The molecule has 0 atom stereocenters. The molecule has 0 heterocycles. The van der Waals surface area contributed by atoms with Crippen molar-refractivity contribution in [1.82, 2.24) is 0 Å². The van der Waals surface area contributed by atoms with E-state index in [4.69, 9.17) is 9.47 Å². The topological polar surface area (TPSA) is 61.6 Å². The lowest BCUT2D eigenvalue weighted by Crippen LogP contribution is -2.07. The largest absolute Gasteiger partial charge is 0.487 e. The number of ether oxygens (including phenoxy) is 2. The first-order valence-electron chi connectivity index (χ1n) is 7.33. The molecule has 0 aromatic heterocycles. The third kappa shape index (κ3) is 5.47. The Kier molecular flexibility index (Phi) is 5.74. The quantitative estimate of drug-likeness (QED) is 0.565. The van der Waals surface area contributed by atoms with Crippen LogP contribution in [0.2, 0.25) is 0 Å². The molecule has 5 heteroatoms. The monoisotopic (exact) mass is 313 g/mol. The molecule has 0 saturated carbocycles. The Balaban J connectivity index is 2.21. The fraction of sp³-hybridized carbons (Fsp3) is 0.222. The van der Waals surface area contributed by atoms with Crippen LogP contribution in [0.4, 0.5) is 0 Å². The van der Waals surface area contributed by atoms with Crippen LogP contribution in [0, 0.1) is 10.1 Å². The Morgan fingerprint density at radius 3 is 2.52 bits per heavy atom. The zero-order valence-corrected chi connectivity index (χ0v) is 13.1. The van der Waals surface area contributed by atoms with Crippen LogP contribution in [0.15, 0.2) is 54.7 Å². The van der Waals surface area contributed by atoms with Crippen molar-refractivity contribution in [3.05, 3.63) is 76.0 Å². The molecule has 5 nitrogen and oxygen atoms in total. The van der Waals surface area contributed by atoms with Gasteiger partial charge in [0.2, 0.25) is 6.20 Å². The van der Waals surface area contributed by atoms with Gasteiger partial charge in [-0.05, 0) is 37.1 Å². The SMILES string of the molecule is CC(C)Oc1ccc(/C=C/[N+](=O)[O-])cc1OCc1ccccc1. The van der Waals surface area contributed by atoms with Crippen molar-refractivity contribution in [2.75, 3.05) is 0 Å². The number of hydrogen-bond donors (Lipinski definition) is 0. The molecule has 0 aliphatic rings. The summed E-state index contributed by atoms with van der Waals surface area (Å²) in [5, 5.41) is 10.4. The van der Waals surface area contributed by atoms with Gasteiger partial charge in [0.1, 0.15) is 6.61 Å². The highest BCUT2D eigenvalue weighted by molar-refractivity contribution is 5.55. The fourth-order valence-electron chi connectivity index (χ4n) is 1.97. The van der Waals surface area contributed by atoms with E-state index in [0.29, 0.717) is 23.7 Å². The Bertz CT molecular complexity index is 681. The van der Waals surface area contributed by atoms with E-state index >= 15 is 0 Å². The van der Waals surface area contributed by atoms with Gasteiger partial charge >= 0.3 is 0 Å².